The van der Waals surface area contributed by atoms with Gasteiger partial charge in [0.15, 0.2) is 0 Å². The van der Waals surface area contributed by atoms with E-state index >= 15 is 0 Å². The molecule has 1 atom stereocenters. The van der Waals surface area contributed by atoms with E-state index in [0.717, 1.165) is 22.6 Å². The summed E-state index contributed by atoms with van der Waals surface area (Å²) in [4.78, 5) is 0. The maximum absolute atomic E-state index is 6.18. The molecule has 1 fully saturated rings. The summed E-state index contributed by atoms with van der Waals surface area (Å²) in [6, 6.07) is 15.7. The van der Waals surface area contributed by atoms with Gasteiger partial charge in [0.2, 0.25) is 0 Å². The molecule has 0 radical (unpaired) electrons. The van der Waals surface area contributed by atoms with Crippen LogP contribution in [0.25, 0.3) is 11.1 Å². The van der Waals surface area contributed by atoms with Crippen molar-refractivity contribution in [3.05, 3.63) is 52.5 Å². The van der Waals surface area contributed by atoms with Crippen LogP contribution in [-0.4, -0.2) is 6.10 Å². The van der Waals surface area contributed by atoms with E-state index in [0.29, 0.717) is 0 Å². The molecule has 0 aliphatic heterocycles. The fourth-order valence-corrected chi connectivity index (χ4v) is 5.09. The third kappa shape index (κ3) is 7.45. The Morgan fingerprint density at radius 3 is 2.37 bits per heavy atom. The van der Waals surface area contributed by atoms with Crippen molar-refractivity contribution in [2.75, 3.05) is 0 Å². The van der Waals surface area contributed by atoms with Gasteiger partial charge in [0.25, 0.3) is 0 Å². The molecule has 2 aromatic carbocycles. The smallest absolute Gasteiger partial charge is 0.133 e. The van der Waals surface area contributed by atoms with E-state index in [1.54, 1.807) is 0 Å². The molecule has 1 saturated carbocycles. The van der Waals surface area contributed by atoms with Crippen molar-refractivity contribution in [2.45, 2.75) is 97.0 Å². The lowest BCUT2D eigenvalue weighted by Gasteiger charge is -2.21. The third-order valence-corrected chi connectivity index (χ3v) is 7.20. The summed E-state index contributed by atoms with van der Waals surface area (Å²) in [7, 11) is 0. The lowest BCUT2D eigenvalue weighted by atomic mass is 9.85. The number of benzene rings is 2. The van der Waals surface area contributed by atoms with Gasteiger partial charge >= 0.3 is 0 Å². The predicted molar refractivity (Wildman–Crippen MR) is 133 cm³/mol. The van der Waals surface area contributed by atoms with Gasteiger partial charge in [-0.25, -0.2) is 0 Å². The Morgan fingerprint density at radius 1 is 0.933 bits per heavy atom. The highest BCUT2D eigenvalue weighted by Crippen LogP contribution is 2.32. The fraction of sp³-hybridized carbons (Fsp3) is 0.571. The largest absolute Gasteiger partial charge is 0.490 e. The van der Waals surface area contributed by atoms with Crippen LogP contribution < -0.4 is 4.74 Å². The number of ether oxygens (including phenoxy) is 1. The minimum atomic E-state index is 0.257. The molecule has 3 rings (SSSR count). The van der Waals surface area contributed by atoms with Crippen molar-refractivity contribution in [3.8, 4) is 16.9 Å². The highest BCUT2D eigenvalue weighted by atomic mass is 79.9. The monoisotopic (exact) mass is 470 g/mol. The van der Waals surface area contributed by atoms with Crippen LogP contribution in [0.4, 0.5) is 0 Å². The predicted octanol–water partition coefficient (Wildman–Crippen LogP) is 9.37. The summed E-state index contributed by atoms with van der Waals surface area (Å²) in [6.07, 6.45) is 16.3. The maximum atomic E-state index is 6.18. The number of halogens is 1. The van der Waals surface area contributed by atoms with Crippen LogP contribution in [0.1, 0.15) is 90.0 Å². The molecule has 0 bridgehead atoms. The normalized spacial score (nSPS) is 15.8. The van der Waals surface area contributed by atoms with Crippen LogP contribution in [0.15, 0.2) is 46.9 Å². The summed E-state index contributed by atoms with van der Waals surface area (Å²) < 4.78 is 7.22. The molecular formula is C28H39BrO. The zero-order valence-electron chi connectivity index (χ0n) is 19.0. The van der Waals surface area contributed by atoms with Crippen LogP contribution in [0.3, 0.4) is 0 Å². The molecule has 1 aliphatic carbocycles. The minimum Gasteiger partial charge on any atom is -0.490 e. The van der Waals surface area contributed by atoms with Gasteiger partial charge in [-0.3, -0.25) is 0 Å². The lowest BCUT2D eigenvalue weighted by molar-refractivity contribution is 0.205. The van der Waals surface area contributed by atoms with Gasteiger partial charge in [0.1, 0.15) is 5.75 Å². The zero-order valence-corrected chi connectivity index (χ0v) is 20.6. The second kappa shape index (κ2) is 12.5. The average molecular weight is 472 g/mol. The van der Waals surface area contributed by atoms with E-state index in [9.17, 15) is 0 Å². The summed E-state index contributed by atoms with van der Waals surface area (Å²) in [5.74, 6) is 1.90. The third-order valence-electron chi connectivity index (χ3n) is 6.58. The van der Waals surface area contributed by atoms with Crippen LogP contribution >= 0.6 is 15.9 Å². The Bertz CT molecular complexity index is 746. The summed E-state index contributed by atoms with van der Waals surface area (Å²) in [6.45, 7) is 4.43. The van der Waals surface area contributed by atoms with E-state index in [1.165, 1.54) is 87.3 Å². The fourth-order valence-electron chi connectivity index (χ4n) is 4.62. The van der Waals surface area contributed by atoms with E-state index in [4.69, 9.17) is 4.74 Å². The van der Waals surface area contributed by atoms with Gasteiger partial charge in [-0.05, 0) is 83.3 Å². The van der Waals surface area contributed by atoms with Crippen molar-refractivity contribution >= 4 is 15.9 Å². The Morgan fingerprint density at radius 2 is 1.67 bits per heavy atom. The Balaban J connectivity index is 1.52. The molecular weight excluding hydrogens is 432 g/mol. The van der Waals surface area contributed by atoms with E-state index in [-0.39, 0.29) is 6.10 Å². The molecule has 2 heteroatoms. The lowest BCUT2D eigenvalue weighted by Crippen LogP contribution is -2.11. The summed E-state index contributed by atoms with van der Waals surface area (Å²) in [5, 5.41) is 0. The van der Waals surface area contributed by atoms with E-state index in [2.05, 4.69) is 72.2 Å². The molecule has 0 spiro atoms. The summed E-state index contributed by atoms with van der Waals surface area (Å²) >= 11 is 3.72. The molecule has 0 N–H and O–H groups in total. The first-order chi connectivity index (χ1) is 14.7. The van der Waals surface area contributed by atoms with Gasteiger partial charge in [-0.2, -0.15) is 0 Å². The minimum absolute atomic E-state index is 0.257. The number of hydrogen-bond donors (Lipinski definition) is 0. The van der Waals surface area contributed by atoms with Gasteiger partial charge in [0.05, 0.1) is 10.6 Å². The first-order valence-corrected chi connectivity index (χ1v) is 13.0. The molecule has 0 heterocycles. The first-order valence-electron chi connectivity index (χ1n) is 12.2. The Hall–Kier alpha value is -1.28. The highest BCUT2D eigenvalue weighted by molar-refractivity contribution is 9.10. The quantitative estimate of drug-likeness (QED) is 0.297. The molecule has 0 unspecified atom stereocenters. The maximum Gasteiger partial charge on any atom is 0.133 e. The van der Waals surface area contributed by atoms with Gasteiger partial charge in [-0.1, -0.05) is 88.6 Å². The number of unbranched alkanes of at least 4 members (excludes halogenated alkanes) is 3. The number of rotatable bonds is 11. The van der Waals surface area contributed by atoms with Gasteiger partial charge in [0, 0.05) is 0 Å². The highest BCUT2D eigenvalue weighted by Gasteiger charge is 2.13. The molecule has 30 heavy (non-hydrogen) atoms. The van der Waals surface area contributed by atoms with Crippen molar-refractivity contribution in [1.29, 1.82) is 0 Å². The SMILES string of the molecule is CCCCCC[C@H](C)Oc1ccc(-c2ccc(CCC3CCCCC3)cc2)cc1Br. The summed E-state index contributed by atoms with van der Waals surface area (Å²) in [5.41, 5.74) is 3.99. The second-order valence-electron chi connectivity index (χ2n) is 9.16. The van der Waals surface area contributed by atoms with Crippen molar-refractivity contribution in [2.24, 2.45) is 5.92 Å². The molecule has 1 aliphatic rings. The van der Waals surface area contributed by atoms with Gasteiger partial charge < -0.3 is 4.74 Å². The first kappa shape index (κ1) is 23.4. The van der Waals surface area contributed by atoms with Crippen LogP contribution in [0.2, 0.25) is 0 Å². The topological polar surface area (TPSA) is 9.23 Å². The van der Waals surface area contributed by atoms with E-state index < -0.39 is 0 Å². The van der Waals surface area contributed by atoms with Crippen LogP contribution in [-0.2, 0) is 6.42 Å². The van der Waals surface area contributed by atoms with Crippen LogP contribution in [0, 0.1) is 5.92 Å². The van der Waals surface area contributed by atoms with E-state index in [1.807, 2.05) is 0 Å². The molecule has 0 amide bonds. The Labute approximate surface area is 192 Å². The van der Waals surface area contributed by atoms with Crippen LogP contribution in [0.5, 0.6) is 5.75 Å². The zero-order chi connectivity index (χ0) is 21.2. The van der Waals surface area contributed by atoms with Crippen molar-refractivity contribution < 1.29 is 4.74 Å². The average Bonchev–Trinajstić information content (AvgIpc) is 2.78. The second-order valence-corrected chi connectivity index (χ2v) is 10.0. The number of aryl methyl sites for hydroxylation is 1. The van der Waals surface area contributed by atoms with Gasteiger partial charge in [-0.15, -0.1) is 0 Å². The molecule has 2 aromatic rings. The number of hydrogen-bond acceptors (Lipinski definition) is 1. The van der Waals surface area contributed by atoms with Crippen molar-refractivity contribution in [3.63, 3.8) is 0 Å². The molecule has 0 saturated heterocycles. The molecule has 164 valence electrons. The molecule has 0 aromatic heterocycles. The molecule has 1 nitrogen and oxygen atoms in total. The Kier molecular flexibility index (Phi) is 9.78. The standard InChI is InChI=1S/C28H39BrO/c1-3-4-5-7-10-22(2)30-28-20-19-26(21-27(28)29)25-17-15-24(16-18-25)14-13-23-11-8-6-9-12-23/h15-23H,3-14H2,1-2H3/t22-/m0/s1. The van der Waals surface area contributed by atoms with Crippen molar-refractivity contribution in [1.82, 2.24) is 0 Å².